The second-order valence-electron chi connectivity index (χ2n) is 5.57. The highest BCUT2D eigenvalue weighted by Crippen LogP contribution is 2.33. The van der Waals surface area contributed by atoms with Crippen molar-refractivity contribution in [1.82, 2.24) is 4.98 Å². The molecule has 4 heteroatoms. The van der Waals surface area contributed by atoms with Crippen LogP contribution in [0.2, 0.25) is 0 Å². The van der Waals surface area contributed by atoms with Crippen molar-refractivity contribution < 1.29 is 0 Å². The minimum absolute atomic E-state index is 0.652. The number of nitrogens with zero attached hydrogens (tertiary/aromatic N) is 1. The van der Waals surface area contributed by atoms with Crippen molar-refractivity contribution in [2.75, 3.05) is 11.6 Å². The predicted molar refractivity (Wildman–Crippen MR) is 91.1 cm³/mol. The smallest absolute Gasteiger partial charge is 0.150 e. The molecule has 1 heterocycles. The van der Waals surface area contributed by atoms with Crippen molar-refractivity contribution in [1.29, 1.82) is 0 Å². The summed E-state index contributed by atoms with van der Waals surface area (Å²) in [5, 5.41) is 3.77. The Bertz CT molecular complexity index is 579. The summed E-state index contributed by atoms with van der Waals surface area (Å²) in [5.74, 6) is 0.836. The maximum atomic E-state index is 4.60. The Kier molecular flexibility index (Phi) is 4.51. The zero-order chi connectivity index (χ0) is 13.9. The first kappa shape index (κ1) is 14.2. The van der Waals surface area contributed by atoms with E-state index in [4.69, 9.17) is 0 Å². The minimum Gasteiger partial charge on any atom is -0.382 e. The second kappa shape index (κ2) is 6.35. The molecule has 0 amide bonds. The van der Waals surface area contributed by atoms with E-state index in [1.165, 1.54) is 42.5 Å². The molecule has 1 aromatic carbocycles. The largest absolute Gasteiger partial charge is 0.382 e. The third-order valence-electron chi connectivity index (χ3n) is 4.33. The number of hydrogen-bond donors (Lipinski definition) is 1. The van der Waals surface area contributed by atoms with Gasteiger partial charge in [-0.15, -0.1) is 11.3 Å². The van der Waals surface area contributed by atoms with Crippen LogP contribution in [0.1, 0.15) is 39.0 Å². The maximum absolute atomic E-state index is 4.60. The lowest BCUT2D eigenvalue weighted by molar-refractivity contribution is 0.317. The van der Waals surface area contributed by atoms with Gasteiger partial charge in [0.1, 0.15) is 0 Å². The Morgan fingerprint density at radius 3 is 3.00 bits per heavy atom. The van der Waals surface area contributed by atoms with Gasteiger partial charge in [0.15, 0.2) is 4.34 Å². The molecule has 2 aromatic rings. The third-order valence-corrected chi connectivity index (χ3v) is 6.33. The molecular weight excluding hydrogens is 284 g/mol. The van der Waals surface area contributed by atoms with Crippen LogP contribution in [0, 0.1) is 5.92 Å². The molecule has 1 aliphatic rings. The lowest BCUT2D eigenvalue weighted by atomic mass is 9.83. The second-order valence-corrected chi connectivity index (χ2v) is 7.65. The van der Waals surface area contributed by atoms with E-state index in [1.54, 1.807) is 23.1 Å². The van der Waals surface area contributed by atoms with E-state index in [9.17, 15) is 0 Å². The summed E-state index contributed by atoms with van der Waals surface area (Å²) in [6.07, 6.45) is 8.85. The molecule has 3 rings (SSSR count). The Balaban J connectivity index is 1.79. The molecule has 1 saturated carbocycles. The number of anilines is 1. The first-order valence-corrected chi connectivity index (χ1v) is 9.55. The average molecular weight is 307 g/mol. The first-order valence-electron chi connectivity index (χ1n) is 7.51. The Morgan fingerprint density at radius 1 is 1.35 bits per heavy atom. The number of nitrogens with one attached hydrogen (secondary N) is 1. The fraction of sp³-hybridized carbons (Fsp3) is 0.562. The molecule has 108 valence electrons. The van der Waals surface area contributed by atoms with Crippen LogP contribution < -0.4 is 5.32 Å². The van der Waals surface area contributed by atoms with Gasteiger partial charge in [-0.25, -0.2) is 4.98 Å². The van der Waals surface area contributed by atoms with E-state index in [-0.39, 0.29) is 0 Å². The van der Waals surface area contributed by atoms with Crippen molar-refractivity contribution in [2.45, 2.75) is 49.4 Å². The number of benzene rings is 1. The molecule has 0 radical (unpaired) electrons. The zero-order valence-electron chi connectivity index (χ0n) is 12.2. The van der Waals surface area contributed by atoms with Gasteiger partial charge >= 0.3 is 0 Å². The monoisotopic (exact) mass is 306 g/mol. The Hall–Kier alpha value is -0.740. The van der Waals surface area contributed by atoms with E-state index in [0.717, 1.165) is 15.8 Å². The normalized spacial score (nSPS) is 23.1. The summed E-state index contributed by atoms with van der Waals surface area (Å²) in [4.78, 5) is 4.60. The number of thioether (sulfide) groups is 1. The number of hydrogen-bond acceptors (Lipinski definition) is 4. The molecule has 0 saturated heterocycles. The van der Waals surface area contributed by atoms with Crippen LogP contribution >= 0.6 is 23.1 Å². The number of fused-ring (bicyclic) bond motifs is 1. The van der Waals surface area contributed by atoms with Crippen molar-refractivity contribution in [2.24, 2.45) is 5.92 Å². The molecule has 1 aromatic heterocycles. The van der Waals surface area contributed by atoms with E-state index >= 15 is 0 Å². The van der Waals surface area contributed by atoms with Crippen molar-refractivity contribution in [3.8, 4) is 0 Å². The summed E-state index contributed by atoms with van der Waals surface area (Å²) in [6, 6.07) is 7.26. The van der Waals surface area contributed by atoms with Gasteiger partial charge < -0.3 is 5.32 Å². The van der Waals surface area contributed by atoms with Crippen LogP contribution in [0.15, 0.2) is 22.5 Å². The zero-order valence-corrected chi connectivity index (χ0v) is 13.8. The predicted octanol–water partition coefficient (Wildman–Crippen LogP) is 5.40. The fourth-order valence-corrected chi connectivity index (χ4v) is 4.71. The Labute approximate surface area is 129 Å². The van der Waals surface area contributed by atoms with Crippen LogP contribution in [0.4, 0.5) is 5.69 Å². The number of rotatable bonds is 4. The quantitative estimate of drug-likeness (QED) is 0.766. The maximum Gasteiger partial charge on any atom is 0.150 e. The van der Waals surface area contributed by atoms with Gasteiger partial charge in [-0.05, 0) is 43.2 Å². The summed E-state index contributed by atoms with van der Waals surface area (Å²) in [6.45, 7) is 2.32. The molecule has 2 unspecified atom stereocenters. The van der Waals surface area contributed by atoms with Crippen molar-refractivity contribution in [3.63, 3.8) is 0 Å². The topological polar surface area (TPSA) is 24.9 Å². The first-order chi connectivity index (χ1) is 9.80. The van der Waals surface area contributed by atoms with Gasteiger partial charge in [0.2, 0.25) is 0 Å². The molecule has 1 N–H and O–H groups in total. The molecule has 2 nitrogen and oxygen atoms in total. The van der Waals surface area contributed by atoms with Crippen LogP contribution in [-0.4, -0.2) is 17.3 Å². The highest BCUT2D eigenvalue weighted by Gasteiger charge is 2.23. The molecule has 1 aliphatic carbocycles. The van der Waals surface area contributed by atoms with Crippen LogP contribution in [-0.2, 0) is 0 Å². The summed E-state index contributed by atoms with van der Waals surface area (Å²) in [5.41, 5.74) is 2.39. The average Bonchev–Trinajstić information content (AvgIpc) is 2.90. The lowest BCUT2D eigenvalue weighted by Crippen LogP contribution is -2.31. The Morgan fingerprint density at radius 2 is 2.20 bits per heavy atom. The molecular formula is C16H22N2S2. The van der Waals surface area contributed by atoms with Gasteiger partial charge in [0, 0.05) is 11.7 Å². The highest BCUT2D eigenvalue weighted by molar-refractivity contribution is 8.00. The summed E-state index contributed by atoms with van der Waals surface area (Å²) < 4.78 is 2.45. The standard InChI is InChI=1S/C16H22N2S2/c1-3-11-6-4-5-7-13(11)17-12-8-9-14-15(10-12)20-16(18-14)19-2/h8-11,13,17H,3-7H2,1-2H3. The van der Waals surface area contributed by atoms with Crippen LogP contribution in [0.3, 0.4) is 0 Å². The SMILES string of the molecule is CCC1CCCCC1Nc1ccc2nc(SC)sc2c1. The highest BCUT2D eigenvalue weighted by atomic mass is 32.2. The van der Waals surface area contributed by atoms with E-state index < -0.39 is 0 Å². The molecule has 0 bridgehead atoms. The van der Waals surface area contributed by atoms with Gasteiger partial charge in [0.25, 0.3) is 0 Å². The molecule has 0 aliphatic heterocycles. The molecule has 0 spiro atoms. The van der Waals surface area contributed by atoms with Gasteiger partial charge in [-0.3, -0.25) is 0 Å². The van der Waals surface area contributed by atoms with Gasteiger partial charge in [-0.1, -0.05) is 37.9 Å². The van der Waals surface area contributed by atoms with Gasteiger partial charge in [-0.2, -0.15) is 0 Å². The molecule has 2 atom stereocenters. The van der Waals surface area contributed by atoms with Crippen LogP contribution in [0.25, 0.3) is 10.2 Å². The third kappa shape index (κ3) is 2.96. The summed E-state index contributed by atoms with van der Waals surface area (Å²) >= 11 is 3.52. The van der Waals surface area contributed by atoms with E-state index in [1.807, 2.05) is 0 Å². The summed E-state index contributed by atoms with van der Waals surface area (Å²) in [7, 11) is 0. The number of aromatic nitrogens is 1. The van der Waals surface area contributed by atoms with Crippen molar-refractivity contribution >= 4 is 39.0 Å². The van der Waals surface area contributed by atoms with Crippen molar-refractivity contribution in [3.05, 3.63) is 18.2 Å². The van der Waals surface area contributed by atoms with Crippen LogP contribution in [0.5, 0.6) is 0 Å². The van der Waals surface area contributed by atoms with E-state index in [2.05, 4.69) is 41.7 Å². The van der Waals surface area contributed by atoms with Gasteiger partial charge in [0.05, 0.1) is 10.2 Å². The lowest BCUT2D eigenvalue weighted by Gasteiger charge is -2.32. The fourth-order valence-electron chi connectivity index (χ4n) is 3.18. The van der Waals surface area contributed by atoms with E-state index in [0.29, 0.717) is 6.04 Å². The number of thiazole rings is 1. The minimum atomic E-state index is 0.652. The molecule has 1 fully saturated rings. The molecule has 20 heavy (non-hydrogen) atoms.